The summed E-state index contributed by atoms with van der Waals surface area (Å²) in [6, 6.07) is 41.1. The Kier molecular flexibility index (Phi) is 9.86. The van der Waals surface area contributed by atoms with Crippen LogP contribution in [0.15, 0.2) is 103 Å². The molecule has 0 amide bonds. The second-order valence-corrected chi connectivity index (χ2v) is 27.2. The summed E-state index contributed by atoms with van der Waals surface area (Å²) in [7, 11) is 0. The van der Waals surface area contributed by atoms with Gasteiger partial charge in [-0.3, -0.25) is 0 Å². The van der Waals surface area contributed by atoms with Crippen molar-refractivity contribution in [1.82, 2.24) is 0 Å². The molecule has 2 aliphatic heterocycles. The smallest absolute Gasteiger partial charge is 0.252 e. The molecule has 0 radical (unpaired) electrons. The molecular weight excluding hydrogens is 843 g/mol. The SMILES string of the molecule is CC(C)(C)c1ccc(N2c3cc4c(cc3B3c5cc6c(cc5N(c5ccc7c(c5)C(C)(C)CCC7(C)C)c5cc(Cl)cc2c53)C(C)(C)CCC6(C)C)C(C)(C)CCC4(C)C)c(-c2ccccc2)c1. The lowest BCUT2D eigenvalue weighted by atomic mass is 9.32. The number of nitrogens with zero attached hydrogens (tertiary/aromatic N) is 2. The minimum atomic E-state index is -0.0266. The number of hydrogen-bond donors (Lipinski definition) is 0. The van der Waals surface area contributed by atoms with Gasteiger partial charge in [-0.2, -0.15) is 0 Å². The Morgan fingerprint density at radius 1 is 0.426 bits per heavy atom. The normalized spacial score (nSPS) is 20.6. The van der Waals surface area contributed by atoms with Crippen molar-refractivity contribution in [2.75, 3.05) is 9.80 Å². The van der Waals surface area contributed by atoms with Gasteiger partial charge in [-0.1, -0.05) is 170 Å². The molecule has 0 spiro atoms. The third-order valence-electron chi connectivity index (χ3n) is 18.3. The Hall–Kier alpha value is -4.73. The van der Waals surface area contributed by atoms with Crippen LogP contribution in [-0.2, 0) is 37.9 Å². The maximum atomic E-state index is 7.67. The highest BCUT2D eigenvalue weighted by atomic mass is 35.5. The molecular formula is C64H74BClN2. The Bertz CT molecular complexity index is 3080. The largest absolute Gasteiger partial charge is 0.311 e. The number of rotatable bonds is 3. The first-order valence-corrected chi connectivity index (χ1v) is 26.2. The van der Waals surface area contributed by atoms with Crippen molar-refractivity contribution >= 4 is 68.8 Å². The number of hydrogen-bond acceptors (Lipinski definition) is 2. The van der Waals surface area contributed by atoms with E-state index in [9.17, 15) is 0 Å². The van der Waals surface area contributed by atoms with Crippen LogP contribution >= 0.6 is 11.6 Å². The summed E-state index contributed by atoms with van der Waals surface area (Å²) in [4.78, 5) is 5.28. The zero-order chi connectivity index (χ0) is 48.5. The molecule has 2 nitrogen and oxygen atoms in total. The Balaban J connectivity index is 1.29. The van der Waals surface area contributed by atoms with Crippen molar-refractivity contribution in [3.05, 3.63) is 147 Å². The second kappa shape index (κ2) is 14.7. The summed E-state index contributed by atoms with van der Waals surface area (Å²) < 4.78 is 0. The molecule has 68 heavy (non-hydrogen) atoms. The van der Waals surface area contributed by atoms with E-state index in [2.05, 4.69) is 217 Å². The average Bonchev–Trinajstić information content (AvgIpc) is 3.27. The first-order chi connectivity index (χ1) is 31.7. The van der Waals surface area contributed by atoms with E-state index in [1.54, 1.807) is 0 Å². The lowest BCUT2D eigenvalue weighted by Crippen LogP contribution is -2.62. The number of fused-ring (bicyclic) bond motifs is 7. The first-order valence-electron chi connectivity index (χ1n) is 25.9. The molecule has 6 aromatic carbocycles. The lowest BCUT2D eigenvalue weighted by molar-refractivity contribution is 0.332. The van der Waals surface area contributed by atoms with Crippen molar-refractivity contribution in [2.24, 2.45) is 0 Å². The van der Waals surface area contributed by atoms with E-state index in [1.165, 1.54) is 120 Å². The third kappa shape index (κ3) is 6.85. The highest BCUT2D eigenvalue weighted by Crippen LogP contribution is 2.55. The fourth-order valence-corrected chi connectivity index (χ4v) is 13.6. The van der Waals surface area contributed by atoms with E-state index < -0.39 is 0 Å². The monoisotopic (exact) mass is 917 g/mol. The standard InChI is InChI=1S/C64H74BClN2/c1-58(2,3)40-21-24-52(43(31-40)39-19-17-16-18-20-39)68-54-38-49-47(62(10,11)28-30-64(49,14)15)36-51(54)65-50-35-46-48(63(12,13)29-27-61(46,8)9)37-53(50)67(55-32-41(66)33-56(68)57(55)65)42-22-23-44-45(34-42)60(6,7)26-25-59(44,4)5/h16-24,31-38H,25-30H2,1-15H3. The van der Waals surface area contributed by atoms with Crippen LogP contribution in [0.2, 0.25) is 5.02 Å². The predicted octanol–water partition coefficient (Wildman–Crippen LogP) is 16.4. The summed E-state index contributed by atoms with van der Waals surface area (Å²) in [6.07, 6.45) is 7.00. The summed E-state index contributed by atoms with van der Waals surface area (Å²) >= 11 is 7.67. The molecule has 0 aromatic heterocycles. The summed E-state index contributed by atoms with van der Waals surface area (Å²) in [5.74, 6) is 0. The molecule has 0 saturated heterocycles. The maximum Gasteiger partial charge on any atom is 0.252 e. The van der Waals surface area contributed by atoms with Crippen molar-refractivity contribution in [3.63, 3.8) is 0 Å². The van der Waals surface area contributed by atoms with Crippen LogP contribution in [0, 0.1) is 0 Å². The lowest BCUT2D eigenvalue weighted by Gasteiger charge is -2.49. The van der Waals surface area contributed by atoms with Crippen LogP contribution in [0.5, 0.6) is 0 Å². The van der Waals surface area contributed by atoms with Gasteiger partial charge in [0.05, 0.1) is 5.69 Å². The minimum absolute atomic E-state index is 0.00549. The van der Waals surface area contributed by atoms with Gasteiger partial charge >= 0.3 is 0 Å². The Morgan fingerprint density at radius 2 is 0.868 bits per heavy atom. The van der Waals surface area contributed by atoms with Crippen LogP contribution in [0.25, 0.3) is 11.1 Å². The maximum absolute atomic E-state index is 7.67. The highest BCUT2D eigenvalue weighted by molar-refractivity contribution is 7.00. The van der Waals surface area contributed by atoms with E-state index in [-0.39, 0.29) is 44.6 Å². The molecule has 0 atom stereocenters. The molecule has 6 aromatic rings. The fourth-order valence-electron chi connectivity index (χ4n) is 13.4. The van der Waals surface area contributed by atoms with Gasteiger partial charge in [0.2, 0.25) is 0 Å². The van der Waals surface area contributed by atoms with Gasteiger partial charge in [0, 0.05) is 39.0 Å². The number of anilines is 6. The molecule has 0 N–H and O–H groups in total. The number of benzene rings is 6. The zero-order valence-electron chi connectivity index (χ0n) is 43.9. The van der Waals surface area contributed by atoms with Crippen molar-refractivity contribution < 1.29 is 0 Å². The van der Waals surface area contributed by atoms with Crippen LogP contribution in [0.3, 0.4) is 0 Å². The zero-order valence-corrected chi connectivity index (χ0v) is 44.7. The van der Waals surface area contributed by atoms with Crippen LogP contribution in [0.4, 0.5) is 34.1 Å². The van der Waals surface area contributed by atoms with Gasteiger partial charge in [0.25, 0.3) is 6.71 Å². The molecule has 0 fully saturated rings. The van der Waals surface area contributed by atoms with E-state index >= 15 is 0 Å². The molecule has 0 saturated carbocycles. The molecule has 4 heteroatoms. The highest BCUT2D eigenvalue weighted by Gasteiger charge is 2.49. The molecule has 3 aliphatic carbocycles. The fraction of sp³-hybridized carbons (Fsp3) is 0.438. The van der Waals surface area contributed by atoms with Gasteiger partial charge in [-0.05, 0) is 186 Å². The summed E-state index contributed by atoms with van der Waals surface area (Å²) in [5, 5.41) is 0.755. The molecule has 0 unspecified atom stereocenters. The van der Waals surface area contributed by atoms with E-state index in [0.29, 0.717) is 0 Å². The topological polar surface area (TPSA) is 6.48 Å². The Labute approximate surface area is 415 Å². The second-order valence-electron chi connectivity index (χ2n) is 26.8. The summed E-state index contributed by atoms with van der Waals surface area (Å²) in [5.41, 5.74) is 24.5. The van der Waals surface area contributed by atoms with Crippen LogP contribution < -0.4 is 26.2 Å². The Morgan fingerprint density at radius 3 is 1.37 bits per heavy atom. The predicted molar refractivity (Wildman–Crippen MR) is 295 cm³/mol. The van der Waals surface area contributed by atoms with Gasteiger partial charge in [-0.15, -0.1) is 0 Å². The quantitative estimate of drug-likeness (QED) is 0.163. The van der Waals surface area contributed by atoms with Crippen LogP contribution in [0.1, 0.15) is 181 Å². The molecule has 0 bridgehead atoms. The average molecular weight is 918 g/mol. The van der Waals surface area contributed by atoms with E-state index in [0.717, 1.165) is 24.3 Å². The van der Waals surface area contributed by atoms with Crippen LogP contribution in [-0.4, -0.2) is 6.71 Å². The van der Waals surface area contributed by atoms with E-state index in [1.807, 2.05) is 0 Å². The van der Waals surface area contributed by atoms with Gasteiger partial charge < -0.3 is 9.80 Å². The first kappa shape index (κ1) is 45.7. The van der Waals surface area contributed by atoms with Crippen molar-refractivity contribution in [2.45, 2.75) is 180 Å². The van der Waals surface area contributed by atoms with Gasteiger partial charge in [-0.25, -0.2) is 0 Å². The summed E-state index contributed by atoms with van der Waals surface area (Å²) in [6.45, 7) is 36.6. The van der Waals surface area contributed by atoms with Crippen molar-refractivity contribution in [3.8, 4) is 11.1 Å². The van der Waals surface area contributed by atoms with Gasteiger partial charge in [0.15, 0.2) is 0 Å². The van der Waals surface area contributed by atoms with Crippen molar-refractivity contribution in [1.29, 1.82) is 0 Å². The molecule has 11 rings (SSSR count). The van der Waals surface area contributed by atoms with Gasteiger partial charge in [0.1, 0.15) is 0 Å². The minimum Gasteiger partial charge on any atom is -0.311 e. The van der Waals surface area contributed by atoms with E-state index in [4.69, 9.17) is 11.6 Å². The molecule has 2 heterocycles. The molecule has 350 valence electrons. The number of halogens is 1. The molecule has 5 aliphatic rings. The third-order valence-corrected chi connectivity index (χ3v) is 18.5.